The first-order valence-electron chi connectivity index (χ1n) is 16.6. The van der Waals surface area contributed by atoms with E-state index >= 15 is 0 Å². The van der Waals surface area contributed by atoms with Gasteiger partial charge in [0, 0.05) is 0 Å². The van der Waals surface area contributed by atoms with Crippen molar-refractivity contribution >= 4 is 17.0 Å². The van der Waals surface area contributed by atoms with Crippen LogP contribution in [0.15, 0.2) is 45.6 Å². The van der Waals surface area contributed by atoms with E-state index < -0.39 is 16.4 Å². The molecule has 4 aliphatic rings. The molecule has 0 aromatic carbocycles. The summed E-state index contributed by atoms with van der Waals surface area (Å²) >= 11 is -4.55. The van der Waals surface area contributed by atoms with Gasteiger partial charge in [0.05, 0.1) is 0 Å². The third-order valence-corrected chi connectivity index (χ3v) is 32.9. The molecule has 0 saturated heterocycles. The van der Waals surface area contributed by atoms with Crippen LogP contribution in [0, 0.1) is 47.3 Å². The van der Waals surface area contributed by atoms with Gasteiger partial charge in [-0.25, -0.2) is 0 Å². The van der Waals surface area contributed by atoms with E-state index in [9.17, 15) is 0 Å². The molecule has 0 fully saturated rings. The van der Waals surface area contributed by atoms with Gasteiger partial charge in [0.1, 0.15) is 0 Å². The number of halogens is 2. The Morgan fingerprint density at radius 3 is 1.26 bits per heavy atom. The van der Waals surface area contributed by atoms with Gasteiger partial charge in [-0.1, -0.05) is 0 Å². The zero-order valence-corrected chi connectivity index (χ0v) is 31.1. The quantitative estimate of drug-likeness (QED) is 0.232. The van der Waals surface area contributed by atoms with Gasteiger partial charge in [0.15, 0.2) is 0 Å². The van der Waals surface area contributed by atoms with Crippen molar-refractivity contribution < 1.29 is 16.4 Å². The van der Waals surface area contributed by atoms with Crippen LogP contribution in [0.1, 0.15) is 115 Å². The summed E-state index contributed by atoms with van der Waals surface area (Å²) in [5.41, 5.74) is 9.83. The Balaban J connectivity index is 1.92. The van der Waals surface area contributed by atoms with Crippen molar-refractivity contribution in [3.8, 4) is 0 Å². The molecule has 0 aromatic heterocycles. The standard InChI is InChI=1S/2C17H27.C2H5.2ClH.Zr/c2*1-6-13-7-15-9-14(11(2)3)10-16(12(4)5)17(15)8-13;1-2;;;/h2*7-8,11-12,14,16H,6,9-10H2,1-5H3;1H2,2H3;2*1H;/q;;;;;+2/p-2. The van der Waals surface area contributed by atoms with Crippen LogP contribution in [0.4, 0.5) is 0 Å². The molecule has 4 aliphatic carbocycles. The van der Waals surface area contributed by atoms with E-state index in [0.717, 1.165) is 28.8 Å². The van der Waals surface area contributed by atoms with E-state index in [1.165, 1.54) is 25.7 Å². The molecule has 0 nitrogen and oxygen atoms in total. The third-order valence-electron chi connectivity index (χ3n) is 11.9. The number of allylic oxidation sites excluding steroid dienone is 8. The van der Waals surface area contributed by atoms with E-state index in [0.29, 0.717) is 42.8 Å². The van der Waals surface area contributed by atoms with Gasteiger partial charge in [-0.2, -0.15) is 0 Å². The molecule has 3 heteroatoms. The fourth-order valence-electron chi connectivity index (χ4n) is 9.27. The molecule has 0 aromatic rings. The van der Waals surface area contributed by atoms with Crippen molar-refractivity contribution in [2.75, 3.05) is 0 Å². The molecule has 6 unspecified atom stereocenters. The molecule has 4 rings (SSSR count). The van der Waals surface area contributed by atoms with Crippen molar-refractivity contribution in [2.24, 2.45) is 47.3 Å². The summed E-state index contributed by atoms with van der Waals surface area (Å²) < 4.78 is 1.59. The van der Waals surface area contributed by atoms with Crippen LogP contribution in [-0.4, -0.2) is 0 Å². The minimum absolute atomic E-state index is 0.311. The van der Waals surface area contributed by atoms with Crippen LogP contribution in [0.2, 0.25) is 11.4 Å². The molecule has 0 aliphatic heterocycles. The molecule has 221 valence electrons. The third kappa shape index (κ3) is 5.48. The van der Waals surface area contributed by atoms with E-state index in [2.05, 4.69) is 88.3 Å². The topological polar surface area (TPSA) is 0 Å². The zero-order chi connectivity index (χ0) is 29.0. The summed E-state index contributed by atoms with van der Waals surface area (Å²) in [5, 5.41) is 0. The summed E-state index contributed by atoms with van der Waals surface area (Å²) in [6, 6.07) is 0. The Bertz CT molecular complexity index is 986. The molecule has 0 amide bonds. The van der Waals surface area contributed by atoms with Crippen LogP contribution in [0.5, 0.6) is 0 Å². The molecule has 6 atom stereocenters. The van der Waals surface area contributed by atoms with Gasteiger partial charge in [0.2, 0.25) is 0 Å². The van der Waals surface area contributed by atoms with Crippen molar-refractivity contribution in [1.82, 2.24) is 0 Å². The minimum atomic E-state index is -4.55. The second-order valence-electron chi connectivity index (χ2n) is 15.3. The Hall–Kier alpha value is 0.423. The first-order valence-corrected chi connectivity index (χ1v) is 27.5. The molecular formula is C36H59Cl2Zr. The molecule has 0 saturated carbocycles. The van der Waals surface area contributed by atoms with Crippen molar-refractivity contribution in [2.45, 2.75) is 126 Å². The van der Waals surface area contributed by atoms with Crippen LogP contribution >= 0.6 is 17.0 Å². The van der Waals surface area contributed by atoms with Crippen molar-refractivity contribution in [1.29, 1.82) is 0 Å². The summed E-state index contributed by atoms with van der Waals surface area (Å²) in [6.07, 6.45) is 12.5. The molecule has 0 heterocycles. The maximum atomic E-state index is 8.51. The predicted octanol–water partition coefficient (Wildman–Crippen LogP) is 13.0. The molecule has 39 heavy (non-hydrogen) atoms. The summed E-state index contributed by atoms with van der Waals surface area (Å²) in [4.78, 5) is 0. The van der Waals surface area contributed by atoms with Crippen LogP contribution in [0.3, 0.4) is 0 Å². The second kappa shape index (κ2) is 11.8. The Kier molecular flexibility index (Phi) is 9.82. The van der Waals surface area contributed by atoms with E-state index in [1.807, 2.05) is 0 Å². The molecule has 0 N–H and O–H groups in total. The normalized spacial score (nSPS) is 32.7. The zero-order valence-electron chi connectivity index (χ0n) is 27.1. The van der Waals surface area contributed by atoms with Crippen molar-refractivity contribution in [3.05, 3.63) is 45.6 Å². The summed E-state index contributed by atoms with van der Waals surface area (Å²) in [6.45, 7) is 26.6. The Labute approximate surface area is 250 Å². The van der Waals surface area contributed by atoms with Crippen LogP contribution in [-0.2, 0) is 16.4 Å². The van der Waals surface area contributed by atoms with Crippen molar-refractivity contribution in [3.63, 3.8) is 0 Å². The van der Waals surface area contributed by atoms with Gasteiger partial charge >= 0.3 is 252 Å². The summed E-state index contributed by atoms with van der Waals surface area (Å²) in [5.74, 6) is 5.45. The fraction of sp³-hybridized carbons (Fsp3) is 0.778. The Morgan fingerprint density at radius 2 is 1.00 bits per heavy atom. The first-order chi connectivity index (χ1) is 18.2. The summed E-state index contributed by atoms with van der Waals surface area (Å²) in [7, 11) is 17.0. The molecule has 0 bridgehead atoms. The first kappa shape index (κ1) is 32.3. The van der Waals surface area contributed by atoms with Gasteiger partial charge in [0.25, 0.3) is 0 Å². The molecular weight excluding hydrogens is 595 g/mol. The monoisotopic (exact) mass is 651 g/mol. The number of hydrogen-bond donors (Lipinski definition) is 0. The van der Waals surface area contributed by atoms with Gasteiger partial charge in [-0.05, 0) is 0 Å². The number of hydrogen-bond acceptors (Lipinski definition) is 0. The molecule has 0 radical (unpaired) electrons. The number of rotatable bonds is 9. The predicted molar refractivity (Wildman–Crippen MR) is 172 cm³/mol. The van der Waals surface area contributed by atoms with Gasteiger partial charge in [-0.15, -0.1) is 0 Å². The fourth-order valence-corrected chi connectivity index (χ4v) is 28.6. The molecule has 0 spiro atoms. The van der Waals surface area contributed by atoms with E-state index in [1.54, 1.807) is 33.4 Å². The Morgan fingerprint density at radius 1 is 0.641 bits per heavy atom. The van der Waals surface area contributed by atoms with Crippen LogP contribution in [0.25, 0.3) is 0 Å². The van der Waals surface area contributed by atoms with Gasteiger partial charge in [-0.3, -0.25) is 0 Å². The van der Waals surface area contributed by atoms with E-state index in [-0.39, 0.29) is 0 Å². The second-order valence-corrected chi connectivity index (χ2v) is 38.2. The maximum absolute atomic E-state index is 8.51. The van der Waals surface area contributed by atoms with Gasteiger partial charge < -0.3 is 0 Å². The average molecular weight is 654 g/mol. The SMILES string of the molecule is CCC1=CC2=C(CC(C(C)C)CC2C(C)C)[CH]1[Zr]([Cl])([Cl])([CH2]C)[CH]1C(CC)=CC2=C1CC(C(C)C)CC2C(C)C. The van der Waals surface area contributed by atoms with E-state index in [4.69, 9.17) is 17.0 Å². The average Bonchev–Trinajstić information content (AvgIpc) is 3.46. The van der Waals surface area contributed by atoms with Crippen LogP contribution < -0.4 is 0 Å².